The summed E-state index contributed by atoms with van der Waals surface area (Å²) in [6.45, 7) is 1.84. The summed E-state index contributed by atoms with van der Waals surface area (Å²) in [4.78, 5) is 38.5. The van der Waals surface area contributed by atoms with Crippen LogP contribution in [0.5, 0.6) is 5.75 Å². The summed E-state index contributed by atoms with van der Waals surface area (Å²) in [5, 5.41) is 12.7. The lowest BCUT2D eigenvalue weighted by Gasteiger charge is -2.25. The molecule has 2 N–H and O–H groups in total. The lowest BCUT2D eigenvalue weighted by atomic mass is 9.94. The van der Waals surface area contributed by atoms with Crippen molar-refractivity contribution >= 4 is 17.7 Å². The quantitative estimate of drug-likeness (QED) is 0.584. The van der Waals surface area contributed by atoms with E-state index in [0.717, 1.165) is 16.7 Å². The lowest BCUT2D eigenvalue weighted by Crippen LogP contribution is -2.55. The predicted octanol–water partition coefficient (Wildman–Crippen LogP) is 3.59. The molecule has 0 unspecified atom stereocenters. The molecule has 0 heterocycles. The van der Waals surface area contributed by atoms with Crippen molar-refractivity contribution in [2.75, 3.05) is 7.11 Å². The van der Waals surface area contributed by atoms with Crippen molar-refractivity contribution in [2.24, 2.45) is 0 Å². The largest absolute Gasteiger partial charge is 0.496 e. The molecule has 6 nitrogen and oxygen atoms in total. The van der Waals surface area contributed by atoms with E-state index in [2.05, 4.69) is 5.32 Å². The molecule has 3 aromatic rings. The van der Waals surface area contributed by atoms with Gasteiger partial charge in [-0.2, -0.15) is 0 Å². The smallest absolute Gasteiger partial charge is 0.330 e. The molecule has 3 aromatic carbocycles. The van der Waals surface area contributed by atoms with Crippen LogP contribution in [0.15, 0.2) is 66.7 Å². The van der Waals surface area contributed by atoms with E-state index < -0.39 is 17.4 Å². The number of hydrogen-bond donors (Lipinski definition) is 2. The Kier molecular flexibility index (Phi) is 5.53. The summed E-state index contributed by atoms with van der Waals surface area (Å²) >= 11 is 0. The molecule has 0 saturated heterocycles. The number of aliphatic carboxylic acids is 1. The number of ketones is 1. The first-order valence-corrected chi connectivity index (χ1v) is 10.3. The van der Waals surface area contributed by atoms with Gasteiger partial charge in [-0.3, -0.25) is 9.59 Å². The number of carboxylic acids is 1. The predicted molar refractivity (Wildman–Crippen MR) is 119 cm³/mol. The zero-order chi connectivity index (χ0) is 22.9. The molecule has 1 aliphatic carbocycles. The molecule has 0 spiro atoms. The first-order valence-electron chi connectivity index (χ1n) is 10.3. The van der Waals surface area contributed by atoms with Crippen molar-refractivity contribution in [3.8, 4) is 5.75 Å². The van der Waals surface area contributed by atoms with Crippen molar-refractivity contribution < 1.29 is 24.2 Å². The highest BCUT2D eigenvalue weighted by Crippen LogP contribution is 2.31. The molecule has 0 atom stereocenters. The third-order valence-corrected chi connectivity index (χ3v) is 5.96. The maximum Gasteiger partial charge on any atom is 0.330 e. The van der Waals surface area contributed by atoms with Gasteiger partial charge in [0, 0.05) is 24.0 Å². The number of carbonyl (C=O) groups excluding carboxylic acids is 2. The first-order chi connectivity index (χ1) is 15.3. The summed E-state index contributed by atoms with van der Waals surface area (Å²) in [6.07, 6.45) is 0.408. The van der Waals surface area contributed by atoms with E-state index in [4.69, 9.17) is 4.74 Å². The van der Waals surface area contributed by atoms with Crippen LogP contribution in [-0.4, -0.2) is 35.4 Å². The van der Waals surface area contributed by atoms with Crippen molar-refractivity contribution in [3.63, 3.8) is 0 Å². The Hall–Kier alpha value is -3.93. The van der Waals surface area contributed by atoms with Crippen LogP contribution in [0, 0.1) is 6.92 Å². The summed E-state index contributed by atoms with van der Waals surface area (Å²) in [6, 6.07) is 19.2. The monoisotopic (exact) mass is 429 g/mol. The van der Waals surface area contributed by atoms with E-state index in [-0.39, 0.29) is 29.8 Å². The van der Waals surface area contributed by atoms with E-state index >= 15 is 0 Å². The van der Waals surface area contributed by atoms with E-state index in [1.54, 1.807) is 18.2 Å². The van der Waals surface area contributed by atoms with Gasteiger partial charge in [0.15, 0.2) is 5.78 Å². The fourth-order valence-corrected chi connectivity index (χ4v) is 4.20. The lowest BCUT2D eigenvalue weighted by molar-refractivity contribution is -0.144. The second kappa shape index (κ2) is 8.30. The molecule has 6 heteroatoms. The van der Waals surface area contributed by atoms with Crippen LogP contribution in [0.25, 0.3) is 0 Å². The number of aryl methyl sites for hydroxylation is 1. The second-order valence-electron chi connectivity index (χ2n) is 8.02. The average molecular weight is 429 g/mol. The van der Waals surface area contributed by atoms with Crippen molar-refractivity contribution in [3.05, 3.63) is 100 Å². The van der Waals surface area contributed by atoms with E-state index in [1.165, 1.54) is 19.2 Å². The van der Waals surface area contributed by atoms with Crippen molar-refractivity contribution in [1.82, 2.24) is 5.32 Å². The molecule has 4 rings (SSSR count). The molecule has 32 heavy (non-hydrogen) atoms. The van der Waals surface area contributed by atoms with Crippen LogP contribution in [0.3, 0.4) is 0 Å². The summed E-state index contributed by atoms with van der Waals surface area (Å²) in [5.74, 6) is -1.57. The summed E-state index contributed by atoms with van der Waals surface area (Å²) in [7, 11) is 1.46. The average Bonchev–Trinajstić information content (AvgIpc) is 3.18. The number of nitrogens with one attached hydrogen (secondary N) is 1. The van der Waals surface area contributed by atoms with Crippen LogP contribution in [0.1, 0.15) is 43.0 Å². The van der Waals surface area contributed by atoms with Gasteiger partial charge >= 0.3 is 5.97 Å². The van der Waals surface area contributed by atoms with Gasteiger partial charge in [0.1, 0.15) is 11.3 Å². The number of fused-ring (bicyclic) bond motifs is 1. The van der Waals surface area contributed by atoms with Gasteiger partial charge in [-0.15, -0.1) is 0 Å². The molecule has 0 bridgehead atoms. The van der Waals surface area contributed by atoms with E-state index in [1.807, 2.05) is 43.3 Å². The van der Waals surface area contributed by atoms with Crippen molar-refractivity contribution in [1.29, 1.82) is 0 Å². The van der Waals surface area contributed by atoms with Gasteiger partial charge in [-0.05, 0) is 41.8 Å². The highest BCUT2D eigenvalue weighted by molar-refractivity contribution is 6.13. The maximum atomic E-state index is 13.2. The molecule has 0 radical (unpaired) electrons. The van der Waals surface area contributed by atoms with Gasteiger partial charge in [-0.25, -0.2) is 4.79 Å². The molecule has 1 amide bonds. The molecule has 0 saturated carbocycles. The topological polar surface area (TPSA) is 92.7 Å². The molecule has 0 aliphatic heterocycles. The highest BCUT2D eigenvalue weighted by atomic mass is 16.5. The van der Waals surface area contributed by atoms with Crippen LogP contribution in [0.2, 0.25) is 0 Å². The molecule has 0 fully saturated rings. The fourth-order valence-electron chi connectivity index (χ4n) is 4.20. The second-order valence-corrected chi connectivity index (χ2v) is 8.02. The number of amides is 1. The number of hydrogen-bond acceptors (Lipinski definition) is 4. The highest BCUT2D eigenvalue weighted by Gasteiger charge is 2.45. The minimum absolute atomic E-state index is 0.194. The Bertz CT molecular complexity index is 1210. The molecular weight excluding hydrogens is 406 g/mol. The number of benzene rings is 3. The van der Waals surface area contributed by atoms with E-state index in [9.17, 15) is 19.5 Å². The van der Waals surface area contributed by atoms with Crippen LogP contribution < -0.4 is 10.1 Å². The summed E-state index contributed by atoms with van der Waals surface area (Å²) < 4.78 is 5.35. The number of carboxylic acid groups (broad SMARTS) is 1. The number of rotatable bonds is 6. The SMILES string of the molecule is COc1ccc(C(=O)NC2(C(=O)O)Cc3ccccc3C2)cc1C(=O)c1ccccc1C. The normalized spacial score (nSPS) is 13.8. The fraction of sp³-hybridized carbons (Fsp3) is 0.192. The zero-order valence-corrected chi connectivity index (χ0v) is 17.8. The van der Waals surface area contributed by atoms with Gasteiger partial charge in [0.2, 0.25) is 0 Å². The molecule has 162 valence electrons. The Balaban J connectivity index is 1.66. The van der Waals surface area contributed by atoms with Gasteiger partial charge in [-0.1, -0.05) is 48.5 Å². The molecule has 1 aliphatic rings. The van der Waals surface area contributed by atoms with Gasteiger partial charge in [0.25, 0.3) is 5.91 Å². The van der Waals surface area contributed by atoms with Crippen LogP contribution in [0.4, 0.5) is 0 Å². The molecular formula is C26H23NO5. The standard InChI is InChI=1S/C26H23NO5/c1-16-7-3-6-10-20(16)23(28)21-13-17(11-12-22(21)32-2)24(29)27-26(25(30)31)14-18-8-4-5-9-19(18)15-26/h3-13H,14-15H2,1-2H3,(H,27,29)(H,30,31). The van der Waals surface area contributed by atoms with Crippen LogP contribution in [-0.2, 0) is 17.6 Å². The van der Waals surface area contributed by atoms with Gasteiger partial charge < -0.3 is 15.2 Å². The number of ether oxygens (including phenoxy) is 1. The van der Waals surface area contributed by atoms with Crippen molar-refractivity contribution in [2.45, 2.75) is 25.3 Å². The number of methoxy groups -OCH3 is 1. The Morgan fingerprint density at radius 3 is 2.12 bits per heavy atom. The minimum Gasteiger partial charge on any atom is -0.496 e. The maximum absolute atomic E-state index is 13.2. The first kappa shape index (κ1) is 21.3. The Morgan fingerprint density at radius 1 is 0.906 bits per heavy atom. The van der Waals surface area contributed by atoms with Gasteiger partial charge in [0.05, 0.1) is 12.7 Å². The third kappa shape index (κ3) is 3.75. The molecule has 0 aromatic heterocycles. The third-order valence-electron chi connectivity index (χ3n) is 5.96. The van der Waals surface area contributed by atoms with Crippen LogP contribution >= 0.6 is 0 Å². The summed E-state index contributed by atoms with van der Waals surface area (Å²) in [5.41, 5.74) is 2.13. The number of carbonyl (C=O) groups is 3. The zero-order valence-electron chi connectivity index (χ0n) is 17.8. The Morgan fingerprint density at radius 2 is 1.53 bits per heavy atom. The Labute approximate surface area is 185 Å². The minimum atomic E-state index is -1.43. The van der Waals surface area contributed by atoms with E-state index in [0.29, 0.717) is 11.3 Å².